The highest BCUT2D eigenvalue weighted by Gasteiger charge is 2.17. The first-order valence-electron chi connectivity index (χ1n) is 11.1. The number of nitrogens with zero attached hydrogens (tertiary/aromatic N) is 3. The van der Waals surface area contributed by atoms with Gasteiger partial charge in [-0.1, -0.05) is 84.1 Å². The van der Waals surface area contributed by atoms with Crippen LogP contribution in [0.15, 0.2) is 84.0 Å². The van der Waals surface area contributed by atoms with Crippen molar-refractivity contribution in [2.24, 2.45) is 0 Å². The van der Waals surface area contributed by atoms with Crippen molar-refractivity contribution in [2.75, 3.05) is 16.9 Å². The summed E-state index contributed by atoms with van der Waals surface area (Å²) in [5.74, 6) is 6.17. The molecule has 0 aliphatic heterocycles. The average Bonchev–Trinajstić information content (AvgIpc) is 3.24. The third-order valence-corrected chi connectivity index (χ3v) is 6.34. The van der Waals surface area contributed by atoms with E-state index in [4.69, 9.17) is 5.84 Å². The highest BCUT2D eigenvalue weighted by atomic mass is 32.2. The molecule has 2 amide bonds. The van der Waals surface area contributed by atoms with Crippen molar-refractivity contribution >= 4 is 29.3 Å². The molecule has 4 aromatic rings. The number of nitrogen functional groups attached to an aromatic ring is 1. The predicted octanol–water partition coefficient (Wildman–Crippen LogP) is 4.19. The molecule has 0 saturated carbocycles. The Hall–Kier alpha value is -4.11. The monoisotopic (exact) mass is 486 g/mol. The van der Waals surface area contributed by atoms with Crippen LogP contribution in [0.3, 0.4) is 0 Å². The summed E-state index contributed by atoms with van der Waals surface area (Å²) < 4.78 is 1.37. The maximum Gasteiger partial charge on any atom is 0.253 e. The summed E-state index contributed by atoms with van der Waals surface area (Å²) in [7, 11) is 0. The highest BCUT2D eigenvalue weighted by molar-refractivity contribution is 7.99. The zero-order chi connectivity index (χ0) is 24.8. The Kier molecular flexibility index (Phi) is 7.47. The van der Waals surface area contributed by atoms with E-state index in [1.165, 1.54) is 16.4 Å². The lowest BCUT2D eigenvalue weighted by Gasteiger charge is -2.16. The smallest absolute Gasteiger partial charge is 0.253 e. The zero-order valence-corrected chi connectivity index (χ0v) is 20.3. The minimum absolute atomic E-state index is 0.0552. The van der Waals surface area contributed by atoms with Gasteiger partial charge in [-0.05, 0) is 31.5 Å². The number of nitrogens with one attached hydrogen (secondary N) is 2. The van der Waals surface area contributed by atoms with E-state index in [9.17, 15) is 9.59 Å². The molecule has 8 nitrogen and oxygen atoms in total. The topological polar surface area (TPSA) is 115 Å². The van der Waals surface area contributed by atoms with Gasteiger partial charge in [0.1, 0.15) is 0 Å². The van der Waals surface area contributed by atoms with E-state index in [0.29, 0.717) is 22.2 Å². The summed E-state index contributed by atoms with van der Waals surface area (Å²) >= 11 is 1.17. The van der Waals surface area contributed by atoms with Crippen LogP contribution in [0.1, 0.15) is 34.5 Å². The van der Waals surface area contributed by atoms with Gasteiger partial charge in [0, 0.05) is 5.56 Å². The largest absolute Gasteiger partial charge is 0.345 e. The number of aryl methyl sites for hydroxylation is 1. The number of amides is 2. The van der Waals surface area contributed by atoms with Gasteiger partial charge in [0.25, 0.3) is 5.91 Å². The van der Waals surface area contributed by atoms with Gasteiger partial charge < -0.3 is 16.5 Å². The number of thioether (sulfide) groups is 1. The van der Waals surface area contributed by atoms with Crippen LogP contribution >= 0.6 is 11.8 Å². The van der Waals surface area contributed by atoms with Crippen molar-refractivity contribution in [3.8, 4) is 11.4 Å². The molecule has 3 aromatic carbocycles. The molecule has 0 aliphatic rings. The standard InChI is InChI=1S/C26H26N6O2S/c1-17-12-14-20(15-13-17)24-30-31-26(32(24)27)35-16-23(33)29-22-11-7-6-10-21(22)25(34)28-18(2)19-8-4-3-5-9-19/h3-15,18H,16,27H2,1-2H3,(H,28,34)(H,29,33). The number of nitrogens with two attached hydrogens (primary N) is 1. The van der Waals surface area contributed by atoms with Gasteiger partial charge in [-0.3, -0.25) is 9.59 Å². The molecular formula is C26H26N6O2S. The van der Waals surface area contributed by atoms with E-state index in [-0.39, 0.29) is 23.6 Å². The van der Waals surface area contributed by atoms with Crippen LogP contribution in [0.4, 0.5) is 5.69 Å². The van der Waals surface area contributed by atoms with Crippen molar-refractivity contribution in [1.29, 1.82) is 0 Å². The van der Waals surface area contributed by atoms with Gasteiger partial charge in [0.05, 0.1) is 23.0 Å². The lowest BCUT2D eigenvalue weighted by atomic mass is 10.1. The summed E-state index contributed by atoms with van der Waals surface area (Å²) in [6.07, 6.45) is 0. The Morgan fingerprint density at radius 3 is 2.40 bits per heavy atom. The van der Waals surface area contributed by atoms with Crippen LogP contribution in [0, 0.1) is 6.92 Å². The summed E-state index contributed by atoms with van der Waals surface area (Å²) in [5.41, 5.74) is 3.79. The van der Waals surface area contributed by atoms with Gasteiger partial charge in [0.2, 0.25) is 11.1 Å². The molecule has 9 heteroatoms. The lowest BCUT2D eigenvalue weighted by Crippen LogP contribution is -2.28. The molecule has 0 saturated heterocycles. The minimum Gasteiger partial charge on any atom is -0.345 e. The van der Waals surface area contributed by atoms with Crippen molar-refractivity contribution in [1.82, 2.24) is 20.2 Å². The third kappa shape index (κ3) is 5.88. The third-order valence-electron chi connectivity index (χ3n) is 5.40. The fraction of sp³-hybridized carbons (Fsp3) is 0.154. The first-order valence-corrected chi connectivity index (χ1v) is 12.1. The normalized spacial score (nSPS) is 11.6. The van der Waals surface area contributed by atoms with E-state index in [1.807, 2.05) is 68.4 Å². The fourth-order valence-electron chi connectivity index (χ4n) is 3.48. The van der Waals surface area contributed by atoms with Gasteiger partial charge >= 0.3 is 0 Å². The summed E-state index contributed by atoms with van der Waals surface area (Å²) in [5, 5.41) is 14.5. The number of carbonyl (C=O) groups is 2. The van der Waals surface area contributed by atoms with E-state index in [0.717, 1.165) is 16.7 Å². The molecule has 4 rings (SSSR count). The Balaban J connectivity index is 1.39. The quantitative estimate of drug-likeness (QED) is 0.254. The molecule has 0 fully saturated rings. The number of carbonyl (C=O) groups excluding carboxylic acids is 2. The van der Waals surface area contributed by atoms with Crippen LogP contribution in [0.25, 0.3) is 11.4 Å². The Bertz CT molecular complexity index is 1320. The molecule has 1 atom stereocenters. The second-order valence-electron chi connectivity index (χ2n) is 8.03. The minimum atomic E-state index is -0.286. The lowest BCUT2D eigenvalue weighted by molar-refractivity contribution is -0.113. The highest BCUT2D eigenvalue weighted by Crippen LogP contribution is 2.23. The molecule has 4 N–H and O–H groups in total. The average molecular weight is 487 g/mol. The van der Waals surface area contributed by atoms with Crippen LogP contribution in [-0.4, -0.2) is 32.4 Å². The van der Waals surface area contributed by atoms with E-state index >= 15 is 0 Å². The van der Waals surface area contributed by atoms with Crippen molar-refractivity contribution in [2.45, 2.75) is 25.0 Å². The molecule has 178 valence electrons. The van der Waals surface area contributed by atoms with E-state index in [2.05, 4.69) is 20.8 Å². The predicted molar refractivity (Wildman–Crippen MR) is 138 cm³/mol. The molecule has 0 aliphatic carbocycles. The number of aromatic nitrogens is 3. The number of para-hydroxylation sites is 1. The SMILES string of the molecule is Cc1ccc(-c2nnc(SCC(=O)Nc3ccccc3C(=O)NC(C)c3ccccc3)n2N)cc1. The van der Waals surface area contributed by atoms with Crippen molar-refractivity contribution in [3.63, 3.8) is 0 Å². The molecular weight excluding hydrogens is 460 g/mol. The number of anilines is 1. The second-order valence-corrected chi connectivity index (χ2v) is 8.97. The Labute approximate surface area is 207 Å². The summed E-state index contributed by atoms with van der Waals surface area (Å²) in [4.78, 5) is 25.6. The van der Waals surface area contributed by atoms with Gasteiger partial charge in [-0.25, -0.2) is 4.68 Å². The summed E-state index contributed by atoms with van der Waals surface area (Å²) in [6, 6.07) is 24.2. The first kappa shape index (κ1) is 24.0. The van der Waals surface area contributed by atoms with Crippen LogP contribution in [-0.2, 0) is 4.79 Å². The number of rotatable bonds is 8. The molecule has 1 unspecified atom stereocenters. The van der Waals surface area contributed by atoms with E-state index in [1.54, 1.807) is 24.3 Å². The van der Waals surface area contributed by atoms with Gasteiger partial charge in [-0.2, -0.15) is 0 Å². The zero-order valence-electron chi connectivity index (χ0n) is 19.4. The fourth-order valence-corrected chi connectivity index (χ4v) is 4.14. The van der Waals surface area contributed by atoms with Gasteiger partial charge in [-0.15, -0.1) is 10.2 Å². The maximum atomic E-state index is 12.9. The number of hydrogen-bond donors (Lipinski definition) is 3. The second kappa shape index (κ2) is 10.9. The van der Waals surface area contributed by atoms with E-state index < -0.39 is 0 Å². The van der Waals surface area contributed by atoms with Crippen LogP contribution in [0.2, 0.25) is 0 Å². The molecule has 0 bridgehead atoms. The van der Waals surface area contributed by atoms with Gasteiger partial charge in [0.15, 0.2) is 5.82 Å². The first-order chi connectivity index (χ1) is 16.9. The van der Waals surface area contributed by atoms with Crippen molar-refractivity contribution < 1.29 is 9.59 Å². The summed E-state index contributed by atoms with van der Waals surface area (Å²) in [6.45, 7) is 3.92. The van der Waals surface area contributed by atoms with Crippen LogP contribution in [0.5, 0.6) is 0 Å². The molecule has 1 heterocycles. The molecule has 1 aromatic heterocycles. The molecule has 0 radical (unpaired) electrons. The maximum absolute atomic E-state index is 12.9. The molecule has 35 heavy (non-hydrogen) atoms. The Morgan fingerprint density at radius 1 is 0.971 bits per heavy atom. The van der Waals surface area contributed by atoms with Crippen LogP contribution < -0.4 is 16.5 Å². The van der Waals surface area contributed by atoms with Crippen molar-refractivity contribution in [3.05, 3.63) is 95.6 Å². The number of hydrogen-bond acceptors (Lipinski definition) is 6. The Morgan fingerprint density at radius 2 is 1.66 bits per heavy atom. The molecule has 0 spiro atoms. The number of benzene rings is 3.